The third kappa shape index (κ3) is 15.5. The van der Waals surface area contributed by atoms with Gasteiger partial charge in [-0.05, 0) is 139 Å². The Labute approximate surface area is 429 Å². The Morgan fingerprint density at radius 3 is 2.26 bits per heavy atom. The smallest absolute Gasteiger partial charge is 0.329 e. The lowest BCUT2D eigenvalue weighted by molar-refractivity contribution is -0.263. The summed E-state index contributed by atoms with van der Waals surface area (Å²) >= 11 is 0. The normalized spacial score (nSPS) is 37.5. The van der Waals surface area contributed by atoms with Gasteiger partial charge in [0.15, 0.2) is 5.78 Å². The lowest BCUT2D eigenvalue weighted by atomic mass is 9.78. The number of nitrogens with zero attached hydrogens (tertiary/aromatic N) is 2. The summed E-state index contributed by atoms with van der Waals surface area (Å²) in [7, 11) is 3.05. The molecule has 0 unspecified atom stereocenters. The number of amides is 1. The van der Waals surface area contributed by atoms with Crippen molar-refractivity contribution in [3.8, 4) is 0 Å². The van der Waals surface area contributed by atoms with E-state index >= 15 is 0 Å². The zero-order chi connectivity index (χ0) is 52.7. The highest BCUT2D eigenvalue weighted by molar-refractivity contribution is 6.39. The number of ketones is 2. The number of Topliss-reactive ketones (excluding diaryl/α,β-unsaturated/α-hetero) is 2. The zero-order valence-corrected chi connectivity index (χ0v) is 44.7. The number of hydrogen-bond donors (Lipinski definition) is 4. The lowest BCUT2D eigenvalue weighted by Crippen LogP contribution is -2.61. The molecule has 2 saturated heterocycles. The van der Waals surface area contributed by atoms with Crippen LogP contribution in [0.5, 0.6) is 0 Å². The molecule has 1 aromatic rings. The van der Waals surface area contributed by atoms with Crippen molar-refractivity contribution in [1.29, 1.82) is 0 Å². The van der Waals surface area contributed by atoms with Crippen molar-refractivity contribution in [1.82, 2.24) is 4.90 Å². The van der Waals surface area contributed by atoms with Gasteiger partial charge in [0, 0.05) is 44.8 Å². The van der Waals surface area contributed by atoms with Crippen molar-refractivity contribution in [2.75, 3.05) is 38.8 Å². The fraction of sp³-hybridized carbons (Fsp3) is 0.690. The second-order valence-corrected chi connectivity index (χ2v) is 21.7. The summed E-state index contributed by atoms with van der Waals surface area (Å²) in [6, 6.07) is 8.31. The number of para-hydroxylation sites is 1. The molecule has 3 heterocycles. The van der Waals surface area contributed by atoms with E-state index in [-0.39, 0.29) is 61.2 Å². The Balaban J connectivity index is 1.51. The zero-order valence-electron chi connectivity index (χ0n) is 44.7. The SMILES string of the molecule is CO[C@@H]1C[C@@H](C[C@@H](C)[C@@H]2CC[C@H](C)/C=C(\C)[C@@H](O)[C@@H](OC)C(=O)[C@H](C)C[C@H](C)/C=C/C=C/C=C(\C)[C@H](N(CCO)c3ccccc3)C[C@@H]3CC[C@@H](C)[C@@](O)(O3)C(=O)C(=O)N3CCCC[C@H]3C(=O)O2)CC[C@H]1O. The first-order valence-corrected chi connectivity index (χ1v) is 26.9. The van der Waals surface area contributed by atoms with Crippen molar-refractivity contribution in [2.45, 2.75) is 186 Å². The first-order chi connectivity index (χ1) is 34.3. The van der Waals surface area contributed by atoms with E-state index in [4.69, 9.17) is 18.9 Å². The van der Waals surface area contributed by atoms with Gasteiger partial charge in [0.1, 0.15) is 24.4 Å². The second-order valence-electron chi connectivity index (χ2n) is 21.7. The predicted molar refractivity (Wildman–Crippen MR) is 279 cm³/mol. The number of carbonyl (C=O) groups excluding carboxylic acids is 4. The topological polar surface area (TPSA) is 193 Å². The highest BCUT2D eigenvalue weighted by Gasteiger charge is 2.53. The monoisotopic (exact) mass is 1000 g/mol. The van der Waals surface area contributed by atoms with Crippen LogP contribution in [0.25, 0.3) is 0 Å². The maximum Gasteiger partial charge on any atom is 0.329 e. The molecule has 1 saturated carbocycles. The molecular weight excluding hydrogens is 917 g/mol. The minimum atomic E-state index is -2.45. The van der Waals surface area contributed by atoms with Gasteiger partial charge in [-0.2, -0.15) is 0 Å². The molecule has 1 amide bonds. The minimum Gasteiger partial charge on any atom is -0.461 e. The minimum absolute atomic E-state index is 0.0300. The van der Waals surface area contributed by atoms with E-state index in [1.54, 1.807) is 21.0 Å². The van der Waals surface area contributed by atoms with E-state index in [1.165, 1.54) is 12.0 Å². The van der Waals surface area contributed by atoms with Crippen LogP contribution in [-0.4, -0.2) is 137 Å². The van der Waals surface area contributed by atoms with Crippen LogP contribution in [-0.2, 0) is 38.1 Å². The van der Waals surface area contributed by atoms with Gasteiger partial charge in [0.2, 0.25) is 5.79 Å². The Morgan fingerprint density at radius 2 is 1.57 bits per heavy atom. The largest absolute Gasteiger partial charge is 0.461 e. The third-order valence-corrected chi connectivity index (χ3v) is 16.1. The molecule has 0 spiro atoms. The second kappa shape index (κ2) is 28.0. The number of fused-ring (bicyclic) bond motifs is 3. The van der Waals surface area contributed by atoms with E-state index < -0.39 is 71.8 Å². The molecule has 14 nitrogen and oxygen atoms in total. The number of hydrogen-bond acceptors (Lipinski definition) is 13. The standard InChI is InChI=1S/C58H88N2O12/c1-37-18-12-10-13-19-39(3)48(59(30-31-61)45-20-14-11-15-21-45)36-46-26-24-43(7)58(68,72-46)55(65)56(66)60-29-17-16-22-47(60)57(67)71-50(40(4)34-44-25-27-49(62)51(35-44)69-8)28-23-38(2)33-42(6)53(64)54(70-9)52(63)41(5)32-37/h10-15,18-21,33,37-38,40-41,43-44,46-51,53-54,61-62,64,68H,16-17,22-32,34-36H2,1-9H3/b13-10+,18-12+,39-19+,42-33+/t37-,38+,40-,41-,43-,44-,46+,47+,48-,49-,50+,51-,53-,54+,58-/m1/s1. The number of ether oxygens (including phenoxy) is 4. The van der Waals surface area contributed by atoms with E-state index in [2.05, 4.69) is 11.8 Å². The molecule has 1 aromatic carbocycles. The molecule has 2 bridgehead atoms. The van der Waals surface area contributed by atoms with Crippen molar-refractivity contribution < 1.29 is 58.6 Å². The molecule has 1 aliphatic carbocycles. The van der Waals surface area contributed by atoms with Crippen molar-refractivity contribution in [3.63, 3.8) is 0 Å². The number of anilines is 1. The van der Waals surface area contributed by atoms with Gasteiger partial charge < -0.3 is 49.2 Å². The van der Waals surface area contributed by atoms with E-state index in [0.29, 0.717) is 82.7 Å². The quantitative estimate of drug-likeness (QED) is 0.106. The Bertz CT molecular complexity index is 2040. The van der Waals surface area contributed by atoms with Gasteiger partial charge in [-0.15, -0.1) is 0 Å². The van der Waals surface area contributed by atoms with Crippen LogP contribution >= 0.6 is 0 Å². The number of allylic oxidation sites excluding steroid dienone is 6. The van der Waals surface area contributed by atoms with Crippen LogP contribution in [0.15, 0.2) is 77.9 Å². The number of benzene rings is 1. The summed E-state index contributed by atoms with van der Waals surface area (Å²) in [6.45, 7) is 13.8. The molecule has 4 N–H and O–H groups in total. The number of piperidine rings is 1. The molecule has 15 atom stereocenters. The first kappa shape index (κ1) is 58.9. The van der Waals surface area contributed by atoms with Crippen molar-refractivity contribution in [2.24, 2.45) is 35.5 Å². The van der Waals surface area contributed by atoms with Crippen molar-refractivity contribution in [3.05, 3.63) is 77.9 Å². The molecule has 3 fully saturated rings. The van der Waals surface area contributed by atoms with Gasteiger partial charge in [-0.25, -0.2) is 4.79 Å². The average Bonchev–Trinajstić information content (AvgIpc) is 3.37. The molecule has 14 heteroatoms. The van der Waals surface area contributed by atoms with Gasteiger partial charge in [-0.3, -0.25) is 14.4 Å². The van der Waals surface area contributed by atoms with Crippen molar-refractivity contribution >= 4 is 29.1 Å². The summed E-state index contributed by atoms with van der Waals surface area (Å²) in [5, 5.41) is 44.8. The number of cyclic esters (lactones) is 1. The van der Waals surface area contributed by atoms with Gasteiger partial charge in [0.05, 0.1) is 31.0 Å². The van der Waals surface area contributed by atoms with Crippen LogP contribution in [0.4, 0.5) is 5.69 Å². The Kier molecular flexibility index (Phi) is 22.9. The number of aliphatic hydroxyl groups excluding tert-OH is 3. The van der Waals surface area contributed by atoms with Gasteiger partial charge in [-0.1, -0.05) is 94.8 Å². The Hall–Kier alpha value is -4.02. The predicted octanol–water partition coefficient (Wildman–Crippen LogP) is 7.85. The number of carbonyl (C=O) groups is 4. The van der Waals surface area contributed by atoms with Crippen LogP contribution in [0.2, 0.25) is 0 Å². The number of esters is 1. The summed E-state index contributed by atoms with van der Waals surface area (Å²) in [5.41, 5.74) is 2.40. The summed E-state index contributed by atoms with van der Waals surface area (Å²) < 4.78 is 24.2. The highest BCUT2D eigenvalue weighted by atomic mass is 16.6. The van der Waals surface area contributed by atoms with E-state index in [0.717, 1.165) is 17.7 Å². The van der Waals surface area contributed by atoms with E-state index in [9.17, 15) is 39.6 Å². The molecule has 0 radical (unpaired) electrons. The first-order valence-electron chi connectivity index (χ1n) is 26.9. The molecule has 4 aliphatic rings. The third-order valence-electron chi connectivity index (χ3n) is 16.1. The molecule has 72 heavy (non-hydrogen) atoms. The maximum absolute atomic E-state index is 14.6. The molecule has 402 valence electrons. The number of aliphatic hydroxyl groups is 4. The number of rotatable bonds is 9. The summed E-state index contributed by atoms with van der Waals surface area (Å²) in [4.78, 5) is 60.9. The number of methoxy groups -OCH3 is 2. The highest BCUT2D eigenvalue weighted by Crippen LogP contribution is 2.39. The van der Waals surface area contributed by atoms with E-state index in [1.807, 2.05) is 94.5 Å². The van der Waals surface area contributed by atoms with Crippen LogP contribution in [0, 0.1) is 35.5 Å². The molecule has 0 aromatic heterocycles. The fourth-order valence-electron chi connectivity index (χ4n) is 11.6. The van der Waals surface area contributed by atoms with Gasteiger partial charge in [0.25, 0.3) is 11.7 Å². The molecule has 3 aliphatic heterocycles. The maximum atomic E-state index is 14.6. The van der Waals surface area contributed by atoms with Crippen LogP contribution in [0.1, 0.15) is 132 Å². The van der Waals surface area contributed by atoms with Gasteiger partial charge >= 0.3 is 5.97 Å². The van der Waals surface area contributed by atoms with Crippen LogP contribution < -0.4 is 4.90 Å². The fourth-order valence-corrected chi connectivity index (χ4v) is 11.6. The van der Waals surface area contributed by atoms with Crippen LogP contribution in [0.3, 0.4) is 0 Å². The summed E-state index contributed by atoms with van der Waals surface area (Å²) in [6.07, 6.45) is 14.6. The Morgan fingerprint density at radius 1 is 0.833 bits per heavy atom. The average molecular weight is 1010 g/mol. The molecule has 5 rings (SSSR count). The molecular formula is C58H88N2O12. The lowest BCUT2D eigenvalue weighted by Gasteiger charge is -2.44. The summed E-state index contributed by atoms with van der Waals surface area (Å²) in [5.74, 6) is -6.39.